The number of hydrogen-bond acceptors (Lipinski definition) is 2. The second kappa shape index (κ2) is 8.20. The minimum absolute atomic E-state index is 0.715. The van der Waals surface area contributed by atoms with E-state index in [4.69, 9.17) is 4.55 Å². The fourth-order valence-corrected chi connectivity index (χ4v) is 1.25. The summed E-state index contributed by atoms with van der Waals surface area (Å²) < 4.78 is 28.1. The number of nitrogens with zero attached hydrogens (tertiary/aromatic N) is 1. The highest BCUT2D eigenvalue weighted by atomic mass is 32.2. The van der Waals surface area contributed by atoms with Crippen LogP contribution < -0.4 is 4.57 Å². The van der Waals surface area contributed by atoms with Gasteiger partial charge in [-0.05, 0) is 25.3 Å². The van der Waals surface area contributed by atoms with E-state index in [1.807, 2.05) is 0 Å². The Balaban J connectivity index is 0.000000437. The summed E-state index contributed by atoms with van der Waals surface area (Å²) in [4.78, 5) is 0. The molecule has 5 heteroatoms. The van der Waals surface area contributed by atoms with E-state index in [0.29, 0.717) is 6.26 Å². The Hall–Kier alpha value is -0.940. The third-order valence-electron chi connectivity index (χ3n) is 2.14. The van der Waals surface area contributed by atoms with Crippen molar-refractivity contribution in [3.63, 3.8) is 0 Å². The predicted molar refractivity (Wildman–Crippen MR) is 68.4 cm³/mol. The lowest BCUT2D eigenvalue weighted by Gasteiger charge is -1.97. The van der Waals surface area contributed by atoms with E-state index in [1.54, 1.807) is 0 Å². The molecule has 0 aliphatic carbocycles. The van der Waals surface area contributed by atoms with Crippen LogP contribution >= 0.6 is 0 Å². The Morgan fingerprint density at radius 1 is 1.24 bits per heavy atom. The van der Waals surface area contributed by atoms with Crippen molar-refractivity contribution in [2.24, 2.45) is 0 Å². The summed E-state index contributed by atoms with van der Waals surface area (Å²) in [6, 6.07) is 4.44. The monoisotopic (exact) mass is 260 g/mol. The first-order valence-corrected chi connectivity index (χ1v) is 7.62. The van der Waals surface area contributed by atoms with Crippen molar-refractivity contribution in [2.45, 2.75) is 39.7 Å². The maximum atomic E-state index is 9.19. The highest BCUT2D eigenvalue weighted by molar-refractivity contribution is 7.85. The van der Waals surface area contributed by atoms with Gasteiger partial charge in [0.1, 0.15) is 6.54 Å². The van der Waals surface area contributed by atoms with E-state index in [-0.39, 0.29) is 0 Å². The Morgan fingerprint density at radius 3 is 2.06 bits per heavy atom. The van der Waals surface area contributed by atoms with E-state index in [0.717, 1.165) is 6.54 Å². The lowest BCUT2D eigenvalue weighted by atomic mass is 10.1. The van der Waals surface area contributed by atoms with E-state index in [1.165, 1.54) is 24.8 Å². The van der Waals surface area contributed by atoms with Gasteiger partial charge in [-0.1, -0.05) is 13.3 Å². The second-order valence-corrected chi connectivity index (χ2v) is 5.34. The molecular formula is C12H22NO3S+. The molecule has 1 aromatic heterocycles. The molecule has 98 valence electrons. The highest BCUT2D eigenvalue weighted by Crippen LogP contribution is 2.01. The van der Waals surface area contributed by atoms with Crippen molar-refractivity contribution in [1.29, 1.82) is 0 Å². The van der Waals surface area contributed by atoms with Gasteiger partial charge in [-0.3, -0.25) is 4.55 Å². The molecule has 1 N–H and O–H groups in total. The number of aromatic nitrogens is 1. The lowest BCUT2D eigenvalue weighted by Crippen LogP contribution is -2.30. The first-order chi connectivity index (χ1) is 7.86. The van der Waals surface area contributed by atoms with Crippen LogP contribution in [-0.2, 0) is 23.1 Å². The summed E-state index contributed by atoms with van der Waals surface area (Å²) in [5.41, 5.74) is 1.46. The van der Waals surface area contributed by atoms with Crippen molar-refractivity contribution >= 4 is 10.1 Å². The Morgan fingerprint density at radius 2 is 1.71 bits per heavy atom. The largest absolute Gasteiger partial charge is 0.286 e. The zero-order valence-electron chi connectivity index (χ0n) is 10.8. The van der Waals surface area contributed by atoms with Crippen LogP contribution in [0.4, 0.5) is 0 Å². The molecule has 4 nitrogen and oxygen atoms in total. The highest BCUT2D eigenvalue weighted by Gasteiger charge is 1.96. The standard InChI is InChI=1S/C11H18N.CH4O3S/c1-3-5-6-11-7-9-12(4-2)10-8-11;1-5(2,3)4/h7-10H,3-6H2,1-2H3;1H3,(H,2,3,4)/q+1;. The van der Waals surface area contributed by atoms with Gasteiger partial charge in [0, 0.05) is 12.1 Å². The van der Waals surface area contributed by atoms with Gasteiger partial charge >= 0.3 is 0 Å². The van der Waals surface area contributed by atoms with Crippen molar-refractivity contribution in [3.8, 4) is 0 Å². The van der Waals surface area contributed by atoms with Crippen LogP contribution in [0.3, 0.4) is 0 Å². The summed E-state index contributed by atoms with van der Waals surface area (Å²) in [7, 11) is -3.67. The van der Waals surface area contributed by atoms with Gasteiger partial charge in [0.25, 0.3) is 10.1 Å². The molecule has 0 aliphatic heterocycles. The minimum atomic E-state index is -3.67. The molecule has 0 spiro atoms. The van der Waals surface area contributed by atoms with Crippen molar-refractivity contribution in [1.82, 2.24) is 0 Å². The van der Waals surface area contributed by atoms with Crippen LogP contribution in [0.15, 0.2) is 24.5 Å². The number of aryl methyl sites for hydroxylation is 2. The molecule has 0 amide bonds. The molecule has 0 atom stereocenters. The maximum absolute atomic E-state index is 9.19. The zero-order chi connectivity index (χ0) is 13.3. The van der Waals surface area contributed by atoms with E-state index < -0.39 is 10.1 Å². The van der Waals surface area contributed by atoms with Gasteiger partial charge in [0.2, 0.25) is 0 Å². The molecule has 17 heavy (non-hydrogen) atoms. The molecular weight excluding hydrogens is 238 g/mol. The van der Waals surface area contributed by atoms with Crippen LogP contribution in [0.5, 0.6) is 0 Å². The molecule has 0 radical (unpaired) electrons. The molecule has 0 bridgehead atoms. The van der Waals surface area contributed by atoms with Gasteiger partial charge in [0.15, 0.2) is 12.4 Å². The second-order valence-electron chi connectivity index (χ2n) is 3.87. The van der Waals surface area contributed by atoms with Gasteiger partial charge in [-0.15, -0.1) is 0 Å². The van der Waals surface area contributed by atoms with E-state index >= 15 is 0 Å². The minimum Gasteiger partial charge on any atom is -0.286 e. The fraction of sp³-hybridized carbons (Fsp3) is 0.583. The van der Waals surface area contributed by atoms with Crippen molar-refractivity contribution in [2.75, 3.05) is 6.26 Å². The van der Waals surface area contributed by atoms with Crippen LogP contribution in [0.1, 0.15) is 32.3 Å². The molecule has 0 unspecified atom stereocenters. The Bertz CT molecular complexity index is 390. The van der Waals surface area contributed by atoms with Crippen LogP contribution in [0.25, 0.3) is 0 Å². The Labute approximate surface area is 104 Å². The van der Waals surface area contributed by atoms with Crippen molar-refractivity contribution < 1.29 is 17.5 Å². The van der Waals surface area contributed by atoms with Gasteiger partial charge in [-0.2, -0.15) is 8.42 Å². The quantitative estimate of drug-likeness (QED) is 0.664. The van der Waals surface area contributed by atoms with Crippen LogP contribution in [-0.4, -0.2) is 19.2 Å². The molecule has 0 saturated heterocycles. The number of pyridine rings is 1. The molecule has 1 heterocycles. The van der Waals surface area contributed by atoms with Gasteiger partial charge in [0.05, 0.1) is 6.26 Å². The predicted octanol–water partition coefficient (Wildman–Crippen LogP) is 1.84. The first kappa shape index (κ1) is 16.1. The summed E-state index contributed by atoms with van der Waals surface area (Å²) in [6.07, 6.45) is 8.84. The summed E-state index contributed by atoms with van der Waals surface area (Å²) in [5, 5.41) is 0. The van der Waals surface area contributed by atoms with Gasteiger partial charge < -0.3 is 0 Å². The van der Waals surface area contributed by atoms with Crippen molar-refractivity contribution in [3.05, 3.63) is 30.1 Å². The third-order valence-corrected chi connectivity index (χ3v) is 2.14. The number of hydrogen-bond donors (Lipinski definition) is 1. The van der Waals surface area contributed by atoms with E-state index in [2.05, 4.69) is 42.9 Å². The van der Waals surface area contributed by atoms with Gasteiger partial charge in [-0.25, -0.2) is 4.57 Å². The van der Waals surface area contributed by atoms with E-state index in [9.17, 15) is 8.42 Å². The Kier molecular flexibility index (Phi) is 7.74. The fourth-order valence-electron chi connectivity index (χ4n) is 1.25. The first-order valence-electron chi connectivity index (χ1n) is 5.77. The molecule has 0 fully saturated rings. The maximum Gasteiger partial charge on any atom is 0.261 e. The molecule has 0 aromatic carbocycles. The normalized spacial score (nSPS) is 10.6. The number of unbranched alkanes of at least 4 members (excludes halogenated alkanes) is 1. The summed E-state index contributed by atoms with van der Waals surface area (Å²) >= 11 is 0. The zero-order valence-corrected chi connectivity index (χ0v) is 11.6. The average molecular weight is 260 g/mol. The average Bonchev–Trinajstić information content (AvgIpc) is 2.25. The molecule has 0 saturated carbocycles. The van der Waals surface area contributed by atoms with Crippen LogP contribution in [0.2, 0.25) is 0 Å². The molecule has 1 aromatic rings. The number of rotatable bonds is 4. The third kappa shape index (κ3) is 11.3. The summed E-state index contributed by atoms with van der Waals surface area (Å²) in [5.74, 6) is 0. The SMILES string of the molecule is CCCCc1cc[n+](CC)cc1.CS(=O)(=O)O. The smallest absolute Gasteiger partial charge is 0.261 e. The summed E-state index contributed by atoms with van der Waals surface area (Å²) in [6.45, 7) is 5.45. The topological polar surface area (TPSA) is 58.2 Å². The molecule has 0 aliphatic rings. The van der Waals surface area contributed by atoms with Crippen LogP contribution in [0, 0.1) is 0 Å². The molecule has 1 rings (SSSR count). The lowest BCUT2D eigenvalue weighted by molar-refractivity contribution is -0.693.